The summed E-state index contributed by atoms with van der Waals surface area (Å²) in [4.78, 5) is 12.8. The highest BCUT2D eigenvalue weighted by atomic mass is 35.5. The van der Waals surface area contributed by atoms with Crippen LogP contribution in [0.25, 0.3) is 0 Å². The standard InChI is InChI=1S/C18H22ClFO/c1-11-8-15(16(19)10-17(11)20)18(21)14-7-6-12-4-2-3-5-13(12)9-14/h8,10,12-14H,2-7,9H2,1H3. The first-order chi connectivity index (χ1) is 10.1. The maximum Gasteiger partial charge on any atom is 0.167 e. The van der Waals surface area contributed by atoms with Gasteiger partial charge in [0.2, 0.25) is 0 Å². The van der Waals surface area contributed by atoms with Crippen LogP contribution in [0.1, 0.15) is 60.9 Å². The van der Waals surface area contributed by atoms with Crippen LogP contribution in [0.4, 0.5) is 4.39 Å². The maximum atomic E-state index is 13.5. The van der Waals surface area contributed by atoms with E-state index in [1.807, 2.05) is 0 Å². The predicted molar refractivity (Wildman–Crippen MR) is 83.3 cm³/mol. The normalized spacial score (nSPS) is 29.0. The van der Waals surface area contributed by atoms with Crippen LogP contribution in [-0.2, 0) is 0 Å². The number of fused-ring (bicyclic) bond motifs is 1. The van der Waals surface area contributed by atoms with E-state index >= 15 is 0 Å². The Morgan fingerprint density at radius 3 is 2.62 bits per heavy atom. The van der Waals surface area contributed by atoms with Crippen LogP contribution in [-0.4, -0.2) is 5.78 Å². The first-order valence-electron chi connectivity index (χ1n) is 8.06. The van der Waals surface area contributed by atoms with Crippen molar-refractivity contribution in [1.82, 2.24) is 0 Å². The molecule has 0 N–H and O–H groups in total. The van der Waals surface area contributed by atoms with Gasteiger partial charge in [0.25, 0.3) is 0 Å². The van der Waals surface area contributed by atoms with E-state index in [4.69, 9.17) is 11.6 Å². The SMILES string of the molecule is Cc1cc(C(=O)C2CCC3CCCCC3C2)c(Cl)cc1F. The third kappa shape index (κ3) is 3.01. The highest BCUT2D eigenvalue weighted by molar-refractivity contribution is 6.34. The van der Waals surface area contributed by atoms with Crippen LogP contribution in [0.3, 0.4) is 0 Å². The Balaban J connectivity index is 1.78. The highest BCUT2D eigenvalue weighted by Gasteiger charge is 2.35. The second kappa shape index (κ2) is 6.08. The summed E-state index contributed by atoms with van der Waals surface area (Å²) in [5, 5.41) is 0.258. The minimum Gasteiger partial charge on any atom is -0.294 e. The predicted octanol–water partition coefficient (Wildman–Crippen LogP) is 5.58. The van der Waals surface area contributed by atoms with E-state index in [0.29, 0.717) is 17.0 Å². The van der Waals surface area contributed by atoms with Crippen LogP contribution >= 0.6 is 11.6 Å². The van der Waals surface area contributed by atoms with E-state index in [9.17, 15) is 9.18 Å². The number of carbonyl (C=O) groups is 1. The van der Waals surface area contributed by atoms with Gasteiger partial charge < -0.3 is 0 Å². The number of aryl methyl sites for hydroxylation is 1. The molecule has 21 heavy (non-hydrogen) atoms. The molecule has 3 atom stereocenters. The quantitative estimate of drug-likeness (QED) is 0.652. The molecule has 1 aromatic rings. The smallest absolute Gasteiger partial charge is 0.167 e. The number of rotatable bonds is 2. The van der Waals surface area contributed by atoms with Gasteiger partial charge in [-0.15, -0.1) is 0 Å². The number of ketones is 1. The molecule has 1 nitrogen and oxygen atoms in total. The number of hydrogen-bond donors (Lipinski definition) is 0. The first kappa shape index (κ1) is 15.0. The van der Waals surface area contributed by atoms with Crippen molar-refractivity contribution in [2.45, 2.75) is 51.9 Å². The Hall–Kier alpha value is -0.890. The van der Waals surface area contributed by atoms with E-state index in [1.165, 1.54) is 38.2 Å². The Kier molecular flexibility index (Phi) is 4.35. The molecule has 3 unspecified atom stereocenters. The Labute approximate surface area is 130 Å². The number of benzene rings is 1. The monoisotopic (exact) mass is 308 g/mol. The van der Waals surface area contributed by atoms with E-state index in [2.05, 4.69) is 0 Å². The summed E-state index contributed by atoms with van der Waals surface area (Å²) in [6.45, 7) is 1.68. The largest absolute Gasteiger partial charge is 0.294 e. The molecule has 0 aliphatic heterocycles. The van der Waals surface area contributed by atoms with Crippen molar-refractivity contribution in [2.75, 3.05) is 0 Å². The zero-order valence-electron chi connectivity index (χ0n) is 12.5. The summed E-state index contributed by atoms with van der Waals surface area (Å²) in [6, 6.07) is 2.89. The maximum absolute atomic E-state index is 13.5. The topological polar surface area (TPSA) is 17.1 Å². The van der Waals surface area contributed by atoms with E-state index in [1.54, 1.807) is 13.0 Å². The lowest BCUT2D eigenvalue weighted by atomic mass is 9.66. The van der Waals surface area contributed by atoms with Crippen molar-refractivity contribution >= 4 is 17.4 Å². The second-order valence-corrected chi connectivity index (χ2v) is 7.17. The van der Waals surface area contributed by atoms with Crippen LogP contribution < -0.4 is 0 Å². The fourth-order valence-electron chi connectivity index (χ4n) is 4.18. The Bertz CT molecular complexity index is 554. The van der Waals surface area contributed by atoms with Crippen molar-refractivity contribution in [3.05, 3.63) is 34.1 Å². The van der Waals surface area contributed by atoms with Gasteiger partial charge in [-0.2, -0.15) is 0 Å². The average molecular weight is 309 g/mol. The molecule has 0 radical (unpaired) electrons. The molecule has 0 spiro atoms. The fourth-order valence-corrected chi connectivity index (χ4v) is 4.42. The summed E-state index contributed by atoms with van der Waals surface area (Å²) in [5.41, 5.74) is 1.00. The molecule has 2 saturated carbocycles. The zero-order chi connectivity index (χ0) is 15.0. The molecule has 1 aromatic carbocycles. The molecule has 0 aromatic heterocycles. The van der Waals surface area contributed by atoms with Gasteiger partial charge in [0.15, 0.2) is 5.78 Å². The number of halogens is 2. The van der Waals surface area contributed by atoms with Crippen molar-refractivity contribution in [1.29, 1.82) is 0 Å². The summed E-state index contributed by atoms with van der Waals surface area (Å²) < 4.78 is 13.5. The molecule has 2 aliphatic carbocycles. The van der Waals surface area contributed by atoms with Crippen LogP contribution in [0.5, 0.6) is 0 Å². The van der Waals surface area contributed by atoms with E-state index in [-0.39, 0.29) is 22.5 Å². The van der Waals surface area contributed by atoms with Gasteiger partial charge in [-0.05, 0) is 55.7 Å². The molecular weight excluding hydrogens is 287 g/mol. The third-order valence-corrected chi connectivity index (χ3v) is 5.74. The molecule has 0 amide bonds. The lowest BCUT2D eigenvalue weighted by Gasteiger charge is -2.38. The molecule has 3 rings (SSSR count). The molecule has 0 heterocycles. The van der Waals surface area contributed by atoms with Crippen molar-refractivity contribution < 1.29 is 9.18 Å². The lowest BCUT2D eigenvalue weighted by Crippen LogP contribution is -2.31. The second-order valence-electron chi connectivity index (χ2n) is 6.76. The molecule has 2 fully saturated rings. The first-order valence-corrected chi connectivity index (χ1v) is 8.44. The van der Waals surface area contributed by atoms with Crippen molar-refractivity contribution in [3.8, 4) is 0 Å². The summed E-state index contributed by atoms with van der Waals surface area (Å²) in [6.07, 6.45) is 8.38. The van der Waals surface area contributed by atoms with Crippen molar-refractivity contribution in [3.63, 3.8) is 0 Å². The van der Waals surface area contributed by atoms with E-state index < -0.39 is 0 Å². The van der Waals surface area contributed by atoms with Gasteiger partial charge in [0.05, 0.1) is 5.02 Å². The summed E-state index contributed by atoms with van der Waals surface area (Å²) >= 11 is 6.09. The van der Waals surface area contributed by atoms with Crippen LogP contribution in [0, 0.1) is 30.5 Å². The average Bonchev–Trinajstić information content (AvgIpc) is 2.50. The molecule has 114 valence electrons. The van der Waals surface area contributed by atoms with Gasteiger partial charge in [0.1, 0.15) is 5.82 Å². The third-order valence-electron chi connectivity index (χ3n) is 5.42. The minimum atomic E-state index is -0.340. The highest BCUT2D eigenvalue weighted by Crippen LogP contribution is 2.43. The summed E-state index contributed by atoms with van der Waals surface area (Å²) in [5.74, 6) is 1.39. The van der Waals surface area contributed by atoms with Gasteiger partial charge in [-0.3, -0.25) is 4.79 Å². The van der Waals surface area contributed by atoms with Crippen LogP contribution in [0.15, 0.2) is 12.1 Å². The fraction of sp³-hybridized carbons (Fsp3) is 0.611. The van der Waals surface area contributed by atoms with Gasteiger partial charge in [0, 0.05) is 11.5 Å². The molecule has 3 heteroatoms. The molecular formula is C18H22ClFO. The van der Waals surface area contributed by atoms with Gasteiger partial charge in [-0.1, -0.05) is 37.3 Å². The lowest BCUT2D eigenvalue weighted by molar-refractivity contribution is 0.0763. The Morgan fingerprint density at radius 1 is 1.14 bits per heavy atom. The number of carbonyl (C=O) groups excluding carboxylic acids is 1. The molecule has 0 saturated heterocycles. The Morgan fingerprint density at radius 2 is 1.86 bits per heavy atom. The minimum absolute atomic E-state index is 0.0757. The zero-order valence-corrected chi connectivity index (χ0v) is 13.3. The van der Waals surface area contributed by atoms with E-state index in [0.717, 1.165) is 18.8 Å². The number of Topliss-reactive ketones (excluding diaryl/α,β-unsaturated/α-hetero) is 1. The van der Waals surface area contributed by atoms with Crippen molar-refractivity contribution in [2.24, 2.45) is 17.8 Å². The summed E-state index contributed by atoms with van der Waals surface area (Å²) in [7, 11) is 0. The van der Waals surface area contributed by atoms with Crippen LogP contribution in [0.2, 0.25) is 5.02 Å². The van der Waals surface area contributed by atoms with Gasteiger partial charge in [-0.25, -0.2) is 4.39 Å². The number of hydrogen-bond acceptors (Lipinski definition) is 1. The molecule has 2 aliphatic rings. The molecule has 0 bridgehead atoms. The van der Waals surface area contributed by atoms with Gasteiger partial charge >= 0.3 is 0 Å².